The standard InChI is InChI=1S/C11H17BrN2O5/c1-19-6-5-14-11(18)8(12)7-9(15)13-4-2-3-10(16)17/h7H,2-6H2,1H3,(H,13,15)(H,14,18)(H,16,17). The van der Waals surface area contributed by atoms with Gasteiger partial charge in [-0.3, -0.25) is 14.4 Å². The summed E-state index contributed by atoms with van der Waals surface area (Å²) in [5.74, 6) is -1.79. The molecule has 0 unspecified atom stereocenters. The van der Waals surface area contributed by atoms with Gasteiger partial charge in [0.05, 0.1) is 11.1 Å². The highest BCUT2D eigenvalue weighted by atomic mass is 79.9. The Labute approximate surface area is 119 Å². The highest BCUT2D eigenvalue weighted by molar-refractivity contribution is 9.12. The molecule has 0 aromatic rings. The summed E-state index contributed by atoms with van der Waals surface area (Å²) in [4.78, 5) is 33.0. The van der Waals surface area contributed by atoms with E-state index in [0.29, 0.717) is 19.6 Å². The number of nitrogens with one attached hydrogen (secondary N) is 2. The van der Waals surface area contributed by atoms with Gasteiger partial charge in [-0.05, 0) is 22.4 Å². The summed E-state index contributed by atoms with van der Waals surface area (Å²) in [7, 11) is 1.52. The van der Waals surface area contributed by atoms with Crippen molar-refractivity contribution in [3.8, 4) is 0 Å². The predicted octanol–water partition coefficient (Wildman–Crippen LogP) is 0.00880. The fourth-order valence-electron chi connectivity index (χ4n) is 1.03. The summed E-state index contributed by atoms with van der Waals surface area (Å²) in [6.45, 7) is 0.971. The number of hydrogen-bond acceptors (Lipinski definition) is 4. The van der Waals surface area contributed by atoms with Crippen molar-refractivity contribution >= 4 is 33.7 Å². The molecule has 2 amide bonds. The smallest absolute Gasteiger partial charge is 0.303 e. The first-order valence-electron chi connectivity index (χ1n) is 5.61. The molecule has 0 aliphatic carbocycles. The zero-order valence-corrected chi connectivity index (χ0v) is 12.2. The van der Waals surface area contributed by atoms with Crippen LogP contribution in [0, 0.1) is 0 Å². The Hall–Kier alpha value is -1.41. The SMILES string of the molecule is COCCNC(=O)C(Br)=CC(=O)NCCCC(=O)O. The molecule has 0 radical (unpaired) electrons. The van der Waals surface area contributed by atoms with E-state index in [4.69, 9.17) is 9.84 Å². The molecule has 0 saturated carbocycles. The molecule has 0 bridgehead atoms. The van der Waals surface area contributed by atoms with Crippen LogP contribution < -0.4 is 10.6 Å². The van der Waals surface area contributed by atoms with Gasteiger partial charge in [-0.15, -0.1) is 0 Å². The Morgan fingerprint density at radius 1 is 1.26 bits per heavy atom. The molecule has 0 saturated heterocycles. The lowest BCUT2D eigenvalue weighted by Gasteiger charge is -2.04. The minimum atomic E-state index is -0.913. The van der Waals surface area contributed by atoms with Crippen molar-refractivity contribution in [2.75, 3.05) is 26.8 Å². The molecule has 0 aromatic carbocycles. The van der Waals surface area contributed by atoms with E-state index in [1.165, 1.54) is 7.11 Å². The molecule has 0 aromatic heterocycles. The van der Waals surface area contributed by atoms with Crippen LogP contribution in [0.25, 0.3) is 0 Å². The number of carbonyl (C=O) groups is 3. The van der Waals surface area contributed by atoms with E-state index in [9.17, 15) is 14.4 Å². The number of aliphatic carboxylic acids is 1. The molecule has 0 aliphatic heterocycles. The summed E-state index contributed by atoms with van der Waals surface area (Å²) in [6, 6.07) is 0. The van der Waals surface area contributed by atoms with Crippen LogP contribution in [0.15, 0.2) is 10.6 Å². The number of carboxylic acid groups (broad SMARTS) is 1. The molecular weight excluding hydrogens is 320 g/mol. The third kappa shape index (κ3) is 10.2. The Balaban J connectivity index is 3.95. The summed E-state index contributed by atoms with van der Waals surface area (Å²) >= 11 is 2.98. The monoisotopic (exact) mass is 336 g/mol. The van der Waals surface area contributed by atoms with E-state index in [-0.39, 0.29) is 17.4 Å². The molecule has 19 heavy (non-hydrogen) atoms. The molecule has 8 heteroatoms. The Kier molecular flexibility index (Phi) is 9.73. The zero-order chi connectivity index (χ0) is 14.7. The molecule has 3 N–H and O–H groups in total. The molecule has 0 aliphatic rings. The number of methoxy groups -OCH3 is 1. The number of amides is 2. The van der Waals surface area contributed by atoms with Gasteiger partial charge >= 0.3 is 5.97 Å². The molecule has 0 fully saturated rings. The van der Waals surface area contributed by atoms with E-state index in [1.54, 1.807) is 0 Å². The second-order valence-electron chi connectivity index (χ2n) is 3.53. The summed E-state index contributed by atoms with van der Waals surface area (Å²) < 4.78 is 4.86. The average molecular weight is 337 g/mol. The maximum atomic E-state index is 11.4. The zero-order valence-electron chi connectivity index (χ0n) is 10.6. The van der Waals surface area contributed by atoms with Crippen molar-refractivity contribution in [1.82, 2.24) is 10.6 Å². The van der Waals surface area contributed by atoms with Crippen LogP contribution >= 0.6 is 15.9 Å². The van der Waals surface area contributed by atoms with Gasteiger partial charge in [0.15, 0.2) is 0 Å². The first-order valence-corrected chi connectivity index (χ1v) is 6.40. The van der Waals surface area contributed by atoms with E-state index in [0.717, 1.165) is 6.08 Å². The van der Waals surface area contributed by atoms with Gasteiger partial charge < -0.3 is 20.5 Å². The van der Waals surface area contributed by atoms with E-state index < -0.39 is 17.8 Å². The molecule has 108 valence electrons. The Morgan fingerprint density at radius 3 is 2.53 bits per heavy atom. The van der Waals surface area contributed by atoms with Crippen molar-refractivity contribution in [2.24, 2.45) is 0 Å². The first kappa shape index (κ1) is 17.6. The van der Waals surface area contributed by atoms with Crippen molar-refractivity contribution < 1.29 is 24.2 Å². The number of carboxylic acids is 1. The highest BCUT2D eigenvalue weighted by Gasteiger charge is 2.07. The molecule has 0 spiro atoms. The van der Waals surface area contributed by atoms with Crippen LogP contribution in [0.2, 0.25) is 0 Å². The van der Waals surface area contributed by atoms with Crippen LogP contribution in [-0.4, -0.2) is 49.7 Å². The van der Waals surface area contributed by atoms with E-state index in [1.807, 2.05) is 0 Å². The van der Waals surface area contributed by atoms with Gasteiger partial charge in [0, 0.05) is 32.7 Å². The van der Waals surface area contributed by atoms with Gasteiger partial charge in [0.1, 0.15) is 0 Å². The van der Waals surface area contributed by atoms with E-state index >= 15 is 0 Å². The number of carbonyl (C=O) groups excluding carboxylic acids is 2. The van der Waals surface area contributed by atoms with Gasteiger partial charge in [0.2, 0.25) is 5.91 Å². The van der Waals surface area contributed by atoms with Crippen LogP contribution in [0.5, 0.6) is 0 Å². The largest absolute Gasteiger partial charge is 0.481 e. The van der Waals surface area contributed by atoms with Crippen LogP contribution in [0.3, 0.4) is 0 Å². The van der Waals surface area contributed by atoms with Crippen LogP contribution in [-0.2, 0) is 19.1 Å². The third-order valence-corrected chi connectivity index (χ3v) is 2.52. The molecule has 0 rings (SSSR count). The minimum absolute atomic E-state index is 0.0112. The van der Waals surface area contributed by atoms with Crippen molar-refractivity contribution in [2.45, 2.75) is 12.8 Å². The maximum absolute atomic E-state index is 11.4. The van der Waals surface area contributed by atoms with Crippen molar-refractivity contribution in [1.29, 1.82) is 0 Å². The topological polar surface area (TPSA) is 105 Å². The predicted molar refractivity (Wildman–Crippen MR) is 71.8 cm³/mol. The van der Waals surface area contributed by atoms with Gasteiger partial charge in [-0.1, -0.05) is 0 Å². The molecule has 0 atom stereocenters. The van der Waals surface area contributed by atoms with Gasteiger partial charge in [0.25, 0.3) is 5.91 Å². The van der Waals surface area contributed by atoms with Gasteiger partial charge in [-0.2, -0.15) is 0 Å². The molecule has 7 nitrogen and oxygen atoms in total. The normalized spacial score (nSPS) is 10.9. The number of hydrogen-bond donors (Lipinski definition) is 3. The Morgan fingerprint density at radius 2 is 1.95 bits per heavy atom. The lowest BCUT2D eigenvalue weighted by molar-refractivity contribution is -0.137. The van der Waals surface area contributed by atoms with Crippen molar-refractivity contribution in [3.63, 3.8) is 0 Å². The van der Waals surface area contributed by atoms with Crippen LogP contribution in [0.1, 0.15) is 12.8 Å². The maximum Gasteiger partial charge on any atom is 0.303 e. The third-order valence-electron chi connectivity index (χ3n) is 1.93. The Bertz CT molecular complexity index is 357. The van der Waals surface area contributed by atoms with Gasteiger partial charge in [-0.25, -0.2) is 0 Å². The lowest BCUT2D eigenvalue weighted by Crippen LogP contribution is -2.28. The lowest BCUT2D eigenvalue weighted by atomic mass is 10.3. The average Bonchev–Trinajstić information content (AvgIpc) is 2.34. The summed E-state index contributed by atoms with van der Waals surface area (Å²) in [6.07, 6.45) is 1.43. The summed E-state index contributed by atoms with van der Waals surface area (Å²) in [5.41, 5.74) is 0. The molecule has 0 heterocycles. The highest BCUT2D eigenvalue weighted by Crippen LogP contribution is 2.03. The minimum Gasteiger partial charge on any atom is -0.481 e. The number of halogens is 1. The number of ether oxygens (including phenoxy) is 1. The second-order valence-corrected chi connectivity index (χ2v) is 4.38. The fraction of sp³-hybridized carbons (Fsp3) is 0.545. The van der Waals surface area contributed by atoms with Crippen LogP contribution in [0.4, 0.5) is 0 Å². The first-order chi connectivity index (χ1) is 8.97. The second kappa shape index (κ2) is 10.5. The quantitative estimate of drug-likeness (QED) is 0.406. The summed E-state index contributed by atoms with van der Waals surface area (Å²) in [5, 5.41) is 13.4. The number of rotatable bonds is 9. The van der Waals surface area contributed by atoms with E-state index in [2.05, 4.69) is 26.6 Å². The fourth-order valence-corrected chi connectivity index (χ4v) is 1.38. The molecular formula is C11H17BrN2O5. The van der Waals surface area contributed by atoms with Crippen molar-refractivity contribution in [3.05, 3.63) is 10.6 Å².